The molecule has 0 saturated heterocycles. The van der Waals surface area contributed by atoms with Gasteiger partial charge >= 0.3 is 0 Å². The van der Waals surface area contributed by atoms with Gasteiger partial charge in [-0.25, -0.2) is 0 Å². The molecule has 1 heterocycles. The van der Waals surface area contributed by atoms with Gasteiger partial charge in [-0.05, 0) is 29.8 Å². The molecule has 1 aromatic heterocycles. The van der Waals surface area contributed by atoms with E-state index in [2.05, 4.69) is 16.9 Å². The third-order valence-corrected chi connectivity index (χ3v) is 4.14. The van der Waals surface area contributed by atoms with Crippen molar-refractivity contribution < 1.29 is 9.59 Å². The molecule has 0 unspecified atom stereocenters. The maximum Gasteiger partial charge on any atom is 0.270 e. The number of hydrogen-bond donors (Lipinski definition) is 1. The number of para-hydroxylation sites is 1. The van der Waals surface area contributed by atoms with Crippen molar-refractivity contribution in [3.05, 3.63) is 108 Å². The number of anilines is 1. The van der Waals surface area contributed by atoms with E-state index in [4.69, 9.17) is 0 Å². The Bertz CT molecular complexity index is 956. The Kier molecular flexibility index (Phi) is 6.31. The molecule has 0 aliphatic heterocycles. The minimum atomic E-state index is -0.344. The molecule has 0 spiro atoms. The van der Waals surface area contributed by atoms with Gasteiger partial charge in [0.25, 0.3) is 11.8 Å². The van der Waals surface area contributed by atoms with Gasteiger partial charge in [-0.2, -0.15) is 0 Å². The molecule has 0 radical (unpaired) electrons. The molecule has 0 atom stereocenters. The van der Waals surface area contributed by atoms with Crippen molar-refractivity contribution in [2.75, 3.05) is 11.4 Å². The number of hydrogen-bond acceptors (Lipinski definition) is 3. The molecule has 0 fully saturated rings. The van der Waals surface area contributed by atoms with Crippen molar-refractivity contribution in [1.29, 1.82) is 0 Å². The van der Waals surface area contributed by atoms with E-state index >= 15 is 0 Å². The first-order valence-corrected chi connectivity index (χ1v) is 8.95. The van der Waals surface area contributed by atoms with E-state index in [9.17, 15) is 9.59 Å². The predicted octanol–water partition coefficient (Wildman–Crippen LogP) is 3.84. The second kappa shape index (κ2) is 9.28. The molecule has 0 aliphatic carbocycles. The lowest BCUT2D eigenvalue weighted by Crippen LogP contribution is -2.31. The average molecular weight is 371 g/mol. The van der Waals surface area contributed by atoms with Crippen LogP contribution in [-0.4, -0.2) is 23.3 Å². The molecular weight excluding hydrogens is 350 g/mol. The molecular formula is C23H21N3O2. The molecule has 140 valence electrons. The van der Waals surface area contributed by atoms with Crippen molar-refractivity contribution in [2.24, 2.45) is 0 Å². The number of nitrogens with one attached hydrogen (secondary N) is 1. The van der Waals surface area contributed by atoms with Gasteiger partial charge in [0.2, 0.25) is 0 Å². The van der Waals surface area contributed by atoms with E-state index in [-0.39, 0.29) is 17.5 Å². The van der Waals surface area contributed by atoms with E-state index < -0.39 is 0 Å². The van der Waals surface area contributed by atoms with Gasteiger partial charge in [0.1, 0.15) is 5.69 Å². The van der Waals surface area contributed by atoms with Crippen LogP contribution in [0.25, 0.3) is 0 Å². The lowest BCUT2D eigenvalue weighted by molar-refractivity contribution is 0.0953. The number of rotatable bonds is 7. The minimum Gasteiger partial charge on any atom is -0.347 e. The maximum atomic E-state index is 13.3. The van der Waals surface area contributed by atoms with Gasteiger partial charge in [-0.3, -0.25) is 14.6 Å². The van der Waals surface area contributed by atoms with Gasteiger partial charge in [0.15, 0.2) is 0 Å². The zero-order chi connectivity index (χ0) is 19.8. The number of carbonyl (C=O) groups is 2. The fourth-order valence-electron chi connectivity index (χ4n) is 2.75. The molecule has 0 saturated carbocycles. The highest BCUT2D eigenvalue weighted by Gasteiger charge is 2.19. The second-order valence-corrected chi connectivity index (χ2v) is 6.14. The summed E-state index contributed by atoms with van der Waals surface area (Å²) in [7, 11) is 0. The Labute approximate surface area is 164 Å². The first-order chi connectivity index (χ1) is 13.7. The Balaban J connectivity index is 1.91. The third kappa shape index (κ3) is 4.71. The van der Waals surface area contributed by atoms with Gasteiger partial charge < -0.3 is 10.2 Å². The summed E-state index contributed by atoms with van der Waals surface area (Å²) in [6.45, 7) is 4.33. The number of pyridine rings is 1. The van der Waals surface area contributed by atoms with Gasteiger partial charge in [-0.1, -0.05) is 54.6 Å². The van der Waals surface area contributed by atoms with Crippen LogP contribution in [0.1, 0.15) is 26.4 Å². The summed E-state index contributed by atoms with van der Waals surface area (Å²) >= 11 is 0. The van der Waals surface area contributed by atoms with Crippen LogP contribution in [0, 0.1) is 0 Å². The standard InChI is InChI=1S/C23H21N3O2/c1-2-14-25-22(27)21-16-19(13-15-24-21)23(28)26(20-11-7-4-8-12-20)17-18-9-5-3-6-10-18/h2-13,15-16H,1,14,17H2,(H,25,27). The lowest BCUT2D eigenvalue weighted by atomic mass is 10.1. The predicted molar refractivity (Wildman–Crippen MR) is 110 cm³/mol. The zero-order valence-electron chi connectivity index (χ0n) is 15.4. The molecule has 5 heteroatoms. The van der Waals surface area contributed by atoms with Crippen molar-refractivity contribution in [3.63, 3.8) is 0 Å². The molecule has 3 aromatic rings. The van der Waals surface area contributed by atoms with Crippen LogP contribution in [0.2, 0.25) is 0 Å². The van der Waals surface area contributed by atoms with Crippen LogP contribution >= 0.6 is 0 Å². The lowest BCUT2D eigenvalue weighted by Gasteiger charge is -2.23. The third-order valence-electron chi connectivity index (χ3n) is 4.14. The van der Waals surface area contributed by atoms with Gasteiger partial charge in [0, 0.05) is 24.0 Å². The summed E-state index contributed by atoms with van der Waals surface area (Å²) < 4.78 is 0. The highest BCUT2D eigenvalue weighted by Crippen LogP contribution is 2.20. The average Bonchev–Trinajstić information content (AvgIpc) is 2.76. The van der Waals surface area contributed by atoms with Gasteiger partial charge in [-0.15, -0.1) is 6.58 Å². The second-order valence-electron chi connectivity index (χ2n) is 6.14. The first kappa shape index (κ1) is 19.0. The summed E-state index contributed by atoms with van der Waals surface area (Å²) in [6.07, 6.45) is 3.06. The molecule has 2 aromatic carbocycles. The Hall–Kier alpha value is -3.73. The summed E-state index contributed by atoms with van der Waals surface area (Å²) in [5.41, 5.74) is 2.39. The van der Waals surface area contributed by atoms with E-state index in [0.29, 0.717) is 18.7 Å². The van der Waals surface area contributed by atoms with Crippen molar-refractivity contribution in [1.82, 2.24) is 10.3 Å². The SMILES string of the molecule is C=CCNC(=O)c1cc(C(=O)N(Cc2ccccc2)c2ccccc2)ccn1. The highest BCUT2D eigenvalue weighted by atomic mass is 16.2. The van der Waals surface area contributed by atoms with E-state index in [1.54, 1.807) is 17.0 Å². The van der Waals surface area contributed by atoms with Crippen LogP contribution in [0.5, 0.6) is 0 Å². The van der Waals surface area contributed by atoms with Crippen molar-refractivity contribution >= 4 is 17.5 Å². The van der Waals surface area contributed by atoms with Gasteiger partial charge in [0.05, 0.1) is 6.54 Å². The number of nitrogens with zero attached hydrogens (tertiary/aromatic N) is 2. The van der Waals surface area contributed by atoms with E-state index in [0.717, 1.165) is 11.3 Å². The molecule has 3 rings (SSSR count). The van der Waals surface area contributed by atoms with Crippen molar-refractivity contribution in [2.45, 2.75) is 6.54 Å². The normalized spacial score (nSPS) is 10.1. The highest BCUT2D eigenvalue weighted by molar-refractivity contribution is 6.07. The molecule has 28 heavy (non-hydrogen) atoms. The largest absolute Gasteiger partial charge is 0.347 e. The maximum absolute atomic E-state index is 13.3. The van der Waals surface area contributed by atoms with E-state index in [1.165, 1.54) is 12.3 Å². The molecule has 0 bridgehead atoms. The Morgan fingerprint density at radius 1 is 1.00 bits per heavy atom. The summed E-state index contributed by atoms with van der Waals surface area (Å²) in [6, 6.07) is 22.4. The summed E-state index contributed by atoms with van der Waals surface area (Å²) in [5.74, 6) is -0.543. The Morgan fingerprint density at radius 3 is 2.36 bits per heavy atom. The fraction of sp³-hybridized carbons (Fsp3) is 0.0870. The first-order valence-electron chi connectivity index (χ1n) is 8.95. The van der Waals surface area contributed by atoms with Crippen LogP contribution < -0.4 is 10.2 Å². The molecule has 1 N–H and O–H groups in total. The minimum absolute atomic E-state index is 0.195. The zero-order valence-corrected chi connectivity index (χ0v) is 15.4. The topological polar surface area (TPSA) is 62.3 Å². The molecule has 5 nitrogen and oxygen atoms in total. The van der Waals surface area contributed by atoms with Crippen LogP contribution in [-0.2, 0) is 6.54 Å². The Morgan fingerprint density at radius 2 is 1.68 bits per heavy atom. The molecule has 0 aliphatic rings. The monoisotopic (exact) mass is 371 g/mol. The number of amides is 2. The van der Waals surface area contributed by atoms with Crippen LogP contribution in [0.4, 0.5) is 5.69 Å². The van der Waals surface area contributed by atoms with Crippen LogP contribution in [0.3, 0.4) is 0 Å². The summed E-state index contributed by atoms with van der Waals surface area (Å²) in [5, 5.41) is 2.67. The number of carbonyl (C=O) groups excluding carboxylic acids is 2. The number of benzene rings is 2. The number of aromatic nitrogens is 1. The summed E-state index contributed by atoms with van der Waals surface area (Å²) in [4.78, 5) is 31.2. The molecule has 2 amide bonds. The smallest absolute Gasteiger partial charge is 0.270 e. The fourth-order valence-corrected chi connectivity index (χ4v) is 2.75. The quantitative estimate of drug-likeness (QED) is 0.642. The van der Waals surface area contributed by atoms with E-state index in [1.807, 2.05) is 60.7 Å². The van der Waals surface area contributed by atoms with Crippen LogP contribution in [0.15, 0.2) is 91.6 Å². The van der Waals surface area contributed by atoms with Crippen molar-refractivity contribution in [3.8, 4) is 0 Å².